The molecule has 0 aromatic heterocycles. The van der Waals surface area contributed by atoms with Crippen molar-refractivity contribution in [3.63, 3.8) is 0 Å². The van der Waals surface area contributed by atoms with Crippen LogP contribution in [0.25, 0.3) is 0 Å². The van der Waals surface area contributed by atoms with E-state index in [-0.39, 0.29) is 0 Å². The Balaban J connectivity index is 1.44. The smallest absolute Gasteiger partial charge is 0.0714 e. The molecule has 4 heteroatoms. The Morgan fingerprint density at radius 3 is 2.40 bits per heavy atom. The second-order valence-corrected chi connectivity index (χ2v) is 9.68. The molecule has 2 saturated carbocycles. The van der Waals surface area contributed by atoms with E-state index in [1.807, 2.05) is 11.8 Å². The fraction of sp³-hybridized carbons (Fsp3) is 0.875. The highest BCUT2D eigenvalue weighted by Crippen LogP contribution is 2.47. The Morgan fingerprint density at radius 1 is 0.900 bits per heavy atom. The zero-order chi connectivity index (χ0) is 13.7. The van der Waals surface area contributed by atoms with E-state index in [0.717, 1.165) is 22.3 Å². The average Bonchev–Trinajstić information content (AvgIpc) is 2.97. The van der Waals surface area contributed by atoms with Gasteiger partial charge in [0.2, 0.25) is 0 Å². The second kappa shape index (κ2) is 5.35. The first kappa shape index (κ1) is 13.7. The minimum absolute atomic E-state index is 0.566. The number of nitrogens with zero attached hydrogens (tertiary/aromatic N) is 2. The van der Waals surface area contributed by atoms with Crippen molar-refractivity contribution in [2.45, 2.75) is 75.0 Å². The zero-order valence-corrected chi connectivity index (χ0v) is 14.1. The topological polar surface area (TPSA) is 24.7 Å². The molecule has 0 aromatic carbocycles. The highest BCUT2D eigenvalue weighted by molar-refractivity contribution is 8.15. The van der Waals surface area contributed by atoms with Crippen LogP contribution in [-0.4, -0.2) is 32.7 Å². The SMILES string of the molecule is CC1=NC2CC3N=C(C4CCC(C)CC4)SC3CC2S1. The van der Waals surface area contributed by atoms with Crippen LogP contribution < -0.4 is 0 Å². The largest absolute Gasteiger partial charge is 0.279 e. The molecule has 2 aliphatic carbocycles. The van der Waals surface area contributed by atoms with Crippen molar-refractivity contribution in [1.82, 2.24) is 0 Å². The summed E-state index contributed by atoms with van der Waals surface area (Å²) in [5.74, 6) is 1.73. The number of hydrogen-bond acceptors (Lipinski definition) is 4. The van der Waals surface area contributed by atoms with E-state index in [1.165, 1.54) is 48.6 Å². The fourth-order valence-electron chi connectivity index (χ4n) is 4.16. The Bertz CT molecular complexity index is 451. The van der Waals surface area contributed by atoms with Gasteiger partial charge in [-0.15, -0.1) is 23.5 Å². The van der Waals surface area contributed by atoms with E-state index in [2.05, 4.69) is 25.6 Å². The summed E-state index contributed by atoms with van der Waals surface area (Å²) in [7, 11) is 0. The van der Waals surface area contributed by atoms with Crippen molar-refractivity contribution in [2.75, 3.05) is 0 Å². The van der Waals surface area contributed by atoms with Gasteiger partial charge in [-0.1, -0.05) is 19.8 Å². The lowest BCUT2D eigenvalue weighted by Crippen LogP contribution is -2.36. The molecule has 2 fully saturated rings. The maximum absolute atomic E-state index is 5.15. The lowest BCUT2D eigenvalue weighted by molar-refractivity contribution is 0.345. The number of thioether (sulfide) groups is 2. The normalized spacial score (nSPS) is 47.5. The van der Waals surface area contributed by atoms with Gasteiger partial charge in [0.1, 0.15) is 0 Å². The van der Waals surface area contributed by atoms with E-state index in [1.54, 1.807) is 0 Å². The molecule has 0 aromatic rings. The molecular formula is C16H24N2S2. The van der Waals surface area contributed by atoms with Gasteiger partial charge < -0.3 is 0 Å². The molecule has 0 radical (unpaired) electrons. The summed E-state index contributed by atoms with van der Waals surface area (Å²) in [6, 6.07) is 1.14. The minimum atomic E-state index is 0.566. The monoisotopic (exact) mass is 308 g/mol. The summed E-state index contributed by atoms with van der Waals surface area (Å²) in [4.78, 5) is 9.96. The molecule has 2 heterocycles. The van der Waals surface area contributed by atoms with E-state index in [9.17, 15) is 0 Å². The third-order valence-corrected chi connectivity index (χ3v) is 8.15. The molecule has 4 atom stereocenters. The Kier molecular flexibility index (Phi) is 3.66. The Labute approximate surface area is 130 Å². The van der Waals surface area contributed by atoms with Crippen molar-refractivity contribution in [3.05, 3.63) is 0 Å². The van der Waals surface area contributed by atoms with Crippen LogP contribution in [0.4, 0.5) is 0 Å². The van der Waals surface area contributed by atoms with E-state index < -0.39 is 0 Å². The number of aliphatic imine (C=N–C) groups is 2. The first-order chi connectivity index (χ1) is 9.69. The predicted octanol–water partition coefficient (Wildman–Crippen LogP) is 4.39. The van der Waals surface area contributed by atoms with E-state index in [0.29, 0.717) is 12.1 Å². The Hall–Kier alpha value is 0.0400. The molecule has 0 amide bonds. The van der Waals surface area contributed by atoms with Crippen molar-refractivity contribution >= 4 is 33.6 Å². The van der Waals surface area contributed by atoms with E-state index in [4.69, 9.17) is 9.98 Å². The molecule has 4 rings (SSSR count). The fourth-order valence-corrected chi connectivity index (χ4v) is 7.12. The average molecular weight is 309 g/mol. The van der Waals surface area contributed by atoms with E-state index >= 15 is 0 Å². The molecule has 2 aliphatic heterocycles. The van der Waals surface area contributed by atoms with Crippen LogP contribution in [0.2, 0.25) is 0 Å². The van der Waals surface area contributed by atoms with Crippen molar-refractivity contribution in [1.29, 1.82) is 0 Å². The number of rotatable bonds is 1. The summed E-state index contributed by atoms with van der Waals surface area (Å²) in [5.41, 5.74) is 0. The highest BCUT2D eigenvalue weighted by atomic mass is 32.2. The molecule has 110 valence electrons. The maximum atomic E-state index is 5.15. The molecule has 4 unspecified atom stereocenters. The first-order valence-corrected chi connectivity index (χ1v) is 9.90. The van der Waals surface area contributed by atoms with Gasteiger partial charge in [0.25, 0.3) is 0 Å². The summed E-state index contributed by atoms with van der Waals surface area (Å²) in [5, 5.41) is 4.33. The Morgan fingerprint density at radius 2 is 1.60 bits per heavy atom. The molecule has 2 nitrogen and oxygen atoms in total. The number of fused-ring (bicyclic) bond motifs is 2. The van der Waals surface area contributed by atoms with Gasteiger partial charge in [0.05, 0.1) is 22.2 Å². The molecule has 20 heavy (non-hydrogen) atoms. The molecular weight excluding hydrogens is 284 g/mol. The van der Waals surface area contributed by atoms with Crippen LogP contribution in [0.3, 0.4) is 0 Å². The standard InChI is InChI=1S/C16H24N2S2/c1-9-3-5-11(6-4-9)16-18-13-7-12-14(8-15(13)20-16)19-10(2)17-12/h9,11-15H,3-8H2,1-2H3. The van der Waals surface area contributed by atoms with Crippen LogP contribution in [-0.2, 0) is 0 Å². The van der Waals surface area contributed by atoms with Gasteiger partial charge in [0, 0.05) is 16.4 Å². The molecule has 0 bridgehead atoms. The lowest BCUT2D eigenvalue weighted by atomic mass is 9.83. The quantitative estimate of drug-likeness (QED) is 0.717. The van der Waals surface area contributed by atoms with Crippen LogP contribution >= 0.6 is 23.5 Å². The second-order valence-electron chi connectivity index (χ2n) is 6.99. The first-order valence-electron chi connectivity index (χ1n) is 8.14. The molecule has 0 saturated heterocycles. The molecule has 0 N–H and O–H groups in total. The van der Waals surface area contributed by atoms with Crippen molar-refractivity contribution < 1.29 is 0 Å². The van der Waals surface area contributed by atoms with Crippen molar-refractivity contribution in [2.24, 2.45) is 21.8 Å². The molecule has 0 spiro atoms. The minimum Gasteiger partial charge on any atom is -0.279 e. The number of hydrogen-bond donors (Lipinski definition) is 0. The summed E-state index contributed by atoms with van der Waals surface area (Å²) >= 11 is 4.16. The maximum Gasteiger partial charge on any atom is 0.0714 e. The van der Waals surface area contributed by atoms with Crippen molar-refractivity contribution in [3.8, 4) is 0 Å². The lowest BCUT2D eigenvalue weighted by Gasteiger charge is -2.31. The van der Waals surface area contributed by atoms with Gasteiger partial charge >= 0.3 is 0 Å². The van der Waals surface area contributed by atoms with Gasteiger partial charge in [0.15, 0.2) is 0 Å². The van der Waals surface area contributed by atoms with Crippen LogP contribution in [0.5, 0.6) is 0 Å². The van der Waals surface area contributed by atoms with Crippen LogP contribution in [0, 0.1) is 11.8 Å². The summed E-state index contributed by atoms with van der Waals surface area (Å²) in [6.07, 6.45) is 8.10. The third-order valence-electron chi connectivity index (χ3n) is 5.41. The van der Waals surface area contributed by atoms with Gasteiger partial charge in [-0.3, -0.25) is 9.98 Å². The van der Waals surface area contributed by atoms with Crippen LogP contribution in [0.1, 0.15) is 52.4 Å². The predicted molar refractivity (Wildman–Crippen MR) is 91.2 cm³/mol. The highest BCUT2D eigenvalue weighted by Gasteiger charge is 2.44. The third kappa shape index (κ3) is 2.47. The van der Waals surface area contributed by atoms with Gasteiger partial charge in [-0.2, -0.15) is 0 Å². The van der Waals surface area contributed by atoms with Crippen LogP contribution in [0.15, 0.2) is 9.98 Å². The summed E-state index contributed by atoms with van der Waals surface area (Å²) in [6.45, 7) is 4.57. The zero-order valence-electron chi connectivity index (χ0n) is 12.4. The van der Waals surface area contributed by atoms with Gasteiger partial charge in [-0.25, -0.2) is 0 Å². The molecule has 4 aliphatic rings. The summed E-state index contributed by atoms with van der Waals surface area (Å²) < 4.78 is 0. The van der Waals surface area contributed by atoms with Gasteiger partial charge in [-0.05, 0) is 38.5 Å².